The number of carbonyl (C=O) groups is 1. The SMILES string of the molecule is CCCCCN(Cc1nc2ccc(F)cc2n1CCC)C(=O)c1cccc(I)c1. The zero-order valence-electron chi connectivity index (χ0n) is 17.0. The molecule has 3 aromatic rings. The van der Waals surface area contributed by atoms with E-state index in [-0.39, 0.29) is 11.7 Å². The van der Waals surface area contributed by atoms with E-state index >= 15 is 0 Å². The van der Waals surface area contributed by atoms with Crippen molar-refractivity contribution in [2.45, 2.75) is 52.6 Å². The molecule has 6 heteroatoms. The van der Waals surface area contributed by atoms with Crippen molar-refractivity contribution in [1.29, 1.82) is 0 Å². The first-order chi connectivity index (χ1) is 14.0. The molecule has 0 saturated heterocycles. The van der Waals surface area contributed by atoms with E-state index in [0.717, 1.165) is 52.7 Å². The molecule has 0 bridgehead atoms. The summed E-state index contributed by atoms with van der Waals surface area (Å²) in [6.45, 7) is 6.09. The van der Waals surface area contributed by atoms with E-state index in [1.54, 1.807) is 6.07 Å². The second kappa shape index (κ2) is 10.2. The summed E-state index contributed by atoms with van der Waals surface area (Å²) < 4.78 is 16.9. The van der Waals surface area contributed by atoms with Gasteiger partial charge in [-0.05, 0) is 71.8 Å². The average molecular weight is 507 g/mol. The van der Waals surface area contributed by atoms with Gasteiger partial charge in [-0.3, -0.25) is 4.79 Å². The second-order valence-electron chi connectivity index (χ2n) is 7.26. The molecule has 2 aromatic carbocycles. The molecule has 0 aliphatic carbocycles. The van der Waals surface area contributed by atoms with Crippen LogP contribution in [0.3, 0.4) is 0 Å². The lowest BCUT2D eigenvalue weighted by atomic mass is 10.1. The van der Waals surface area contributed by atoms with Crippen LogP contribution in [0.25, 0.3) is 11.0 Å². The maximum Gasteiger partial charge on any atom is 0.254 e. The fourth-order valence-corrected chi connectivity index (χ4v) is 4.06. The highest BCUT2D eigenvalue weighted by atomic mass is 127. The number of halogens is 2. The van der Waals surface area contributed by atoms with Gasteiger partial charge < -0.3 is 9.47 Å². The first kappa shape index (κ1) is 21.7. The summed E-state index contributed by atoms with van der Waals surface area (Å²) in [6.07, 6.45) is 4.04. The van der Waals surface area contributed by atoms with Crippen molar-refractivity contribution >= 4 is 39.5 Å². The molecule has 154 valence electrons. The molecule has 1 aromatic heterocycles. The van der Waals surface area contributed by atoms with Crippen LogP contribution in [0, 0.1) is 9.39 Å². The van der Waals surface area contributed by atoms with Crippen LogP contribution in [0.15, 0.2) is 42.5 Å². The number of fused-ring (bicyclic) bond motifs is 1. The number of amides is 1. The summed E-state index contributed by atoms with van der Waals surface area (Å²) in [6, 6.07) is 12.4. The predicted octanol–water partition coefficient (Wildman–Crippen LogP) is 6.02. The Bertz CT molecular complexity index is 985. The summed E-state index contributed by atoms with van der Waals surface area (Å²) in [7, 11) is 0. The Kier molecular flexibility index (Phi) is 7.64. The summed E-state index contributed by atoms with van der Waals surface area (Å²) in [5, 5.41) is 0. The summed E-state index contributed by atoms with van der Waals surface area (Å²) in [5.41, 5.74) is 2.25. The summed E-state index contributed by atoms with van der Waals surface area (Å²) in [4.78, 5) is 19.9. The predicted molar refractivity (Wildman–Crippen MR) is 123 cm³/mol. The molecule has 0 N–H and O–H groups in total. The summed E-state index contributed by atoms with van der Waals surface area (Å²) >= 11 is 2.23. The third kappa shape index (κ3) is 5.35. The highest BCUT2D eigenvalue weighted by molar-refractivity contribution is 14.1. The van der Waals surface area contributed by atoms with E-state index in [1.807, 2.05) is 33.7 Å². The molecule has 0 fully saturated rings. The van der Waals surface area contributed by atoms with Crippen molar-refractivity contribution in [2.75, 3.05) is 6.54 Å². The molecule has 0 aliphatic rings. The first-order valence-electron chi connectivity index (χ1n) is 10.2. The topological polar surface area (TPSA) is 38.1 Å². The number of rotatable bonds is 9. The monoisotopic (exact) mass is 507 g/mol. The van der Waals surface area contributed by atoms with Crippen molar-refractivity contribution in [3.05, 3.63) is 63.2 Å². The van der Waals surface area contributed by atoms with Crippen molar-refractivity contribution in [1.82, 2.24) is 14.5 Å². The minimum Gasteiger partial charge on any atom is -0.331 e. The minimum absolute atomic E-state index is 0.0147. The molecule has 1 heterocycles. The van der Waals surface area contributed by atoms with Gasteiger partial charge >= 0.3 is 0 Å². The Morgan fingerprint density at radius 3 is 2.69 bits per heavy atom. The Hall–Kier alpha value is -1.96. The molecule has 0 spiro atoms. The Morgan fingerprint density at radius 1 is 1.14 bits per heavy atom. The Balaban J connectivity index is 1.94. The van der Waals surface area contributed by atoms with Gasteiger partial charge in [-0.25, -0.2) is 9.37 Å². The van der Waals surface area contributed by atoms with Crippen LogP contribution in [-0.2, 0) is 13.1 Å². The maximum absolute atomic E-state index is 13.8. The van der Waals surface area contributed by atoms with Gasteiger partial charge in [-0.1, -0.05) is 32.8 Å². The Morgan fingerprint density at radius 2 is 1.97 bits per heavy atom. The highest BCUT2D eigenvalue weighted by Crippen LogP contribution is 2.21. The molecule has 0 radical (unpaired) electrons. The fraction of sp³-hybridized carbons (Fsp3) is 0.391. The number of aromatic nitrogens is 2. The number of nitrogens with zero attached hydrogens (tertiary/aromatic N) is 3. The van der Waals surface area contributed by atoms with Gasteiger partial charge in [0.25, 0.3) is 5.91 Å². The van der Waals surface area contributed by atoms with Crippen molar-refractivity contribution in [3.63, 3.8) is 0 Å². The van der Waals surface area contributed by atoms with E-state index < -0.39 is 0 Å². The molecular weight excluding hydrogens is 480 g/mol. The first-order valence-corrected chi connectivity index (χ1v) is 11.3. The van der Waals surface area contributed by atoms with Gasteiger partial charge in [0, 0.05) is 22.2 Å². The molecule has 29 heavy (non-hydrogen) atoms. The largest absolute Gasteiger partial charge is 0.331 e. The average Bonchev–Trinajstić information content (AvgIpc) is 3.03. The normalized spacial score (nSPS) is 11.2. The standard InChI is InChI=1S/C23H27FIN3O/c1-3-5-6-13-27(23(29)17-8-7-9-19(25)14-17)16-22-26-20-11-10-18(24)15-21(20)28(22)12-4-2/h7-11,14-15H,3-6,12-13,16H2,1-2H3. The molecule has 1 amide bonds. The van der Waals surface area contributed by atoms with Crippen molar-refractivity contribution in [2.24, 2.45) is 0 Å². The van der Waals surface area contributed by atoms with E-state index in [1.165, 1.54) is 12.1 Å². The number of imidazole rings is 1. The van der Waals surface area contributed by atoms with Crippen LogP contribution in [0.4, 0.5) is 4.39 Å². The third-order valence-electron chi connectivity index (χ3n) is 4.96. The van der Waals surface area contributed by atoms with Gasteiger partial charge in [0.15, 0.2) is 0 Å². The lowest BCUT2D eigenvalue weighted by Gasteiger charge is -2.23. The fourth-order valence-electron chi connectivity index (χ4n) is 3.52. The van der Waals surface area contributed by atoms with E-state index in [4.69, 9.17) is 4.98 Å². The number of unbranched alkanes of at least 4 members (excludes halogenated alkanes) is 2. The van der Waals surface area contributed by atoms with Crippen LogP contribution < -0.4 is 0 Å². The van der Waals surface area contributed by atoms with Crippen LogP contribution >= 0.6 is 22.6 Å². The molecule has 0 saturated carbocycles. The maximum atomic E-state index is 13.8. The number of hydrogen-bond donors (Lipinski definition) is 0. The van der Waals surface area contributed by atoms with Crippen LogP contribution in [-0.4, -0.2) is 26.9 Å². The number of aryl methyl sites for hydroxylation is 1. The van der Waals surface area contributed by atoms with Crippen LogP contribution in [0.5, 0.6) is 0 Å². The molecule has 3 rings (SSSR count). The third-order valence-corrected chi connectivity index (χ3v) is 5.63. The van der Waals surface area contributed by atoms with Gasteiger partial charge in [0.1, 0.15) is 11.6 Å². The van der Waals surface area contributed by atoms with E-state index in [9.17, 15) is 9.18 Å². The molecule has 4 nitrogen and oxygen atoms in total. The van der Waals surface area contributed by atoms with E-state index in [2.05, 4.69) is 36.4 Å². The van der Waals surface area contributed by atoms with Gasteiger partial charge in [-0.2, -0.15) is 0 Å². The summed E-state index contributed by atoms with van der Waals surface area (Å²) in [5.74, 6) is 0.555. The van der Waals surface area contributed by atoms with Gasteiger partial charge in [0.05, 0.1) is 17.6 Å². The molecule has 0 aliphatic heterocycles. The number of carbonyl (C=O) groups excluding carboxylic acids is 1. The highest BCUT2D eigenvalue weighted by Gasteiger charge is 2.20. The van der Waals surface area contributed by atoms with Crippen LogP contribution in [0.1, 0.15) is 55.7 Å². The Labute approximate surface area is 185 Å². The molecule has 0 atom stereocenters. The number of hydrogen-bond acceptors (Lipinski definition) is 2. The zero-order valence-corrected chi connectivity index (χ0v) is 19.2. The lowest BCUT2D eigenvalue weighted by Crippen LogP contribution is -2.32. The minimum atomic E-state index is -0.268. The van der Waals surface area contributed by atoms with Crippen LogP contribution in [0.2, 0.25) is 0 Å². The molecule has 0 unspecified atom stereocenters. The number of benzene rings is 2. The smallest absolute Gasteiger partial charge is 0.254 e. The van der Waals surface area contributed by atoms with Crippen molar-refractivity contribution in [3.8, 4) is 0 Å². The quantitative estimate of drug-likeness (QED) is 0.262. The lowest BCUT2D eigenvalue weighted by molar-refractivity contribution is 0.0734. The van der Waals surface area contributed by atoms with Crippen molar-refractivity contribution < 1.29 is 9.18 Å². The van der Waals surface area contributed by atoms with E-state index in [0.29, 0.717) is 18.7 Å². The molecular formula is C23H27FIN3O. The van der Waals surface area contributed by atoms with Gasteiger partial charge in [-0.15, -0.1) is 0 Å². The van der Waals surface area contributed by atoms with Gasteiger partial charge in [0.2, 0.25) is 0 Å². The zero-order chi connectivity index (χ0) is 20.8. The second-order valence-corrected chi connectivity index (χ2v) is 8.50.